The molecule has 0 aliphatic heterocycles. The molecule has 0 saturated heterocycles. The zero-order chi connectivity index (χ0) is 10.7. The van der Waals surface area contributed by atoms with E-state index in [1.54, 1.807) is 7.11 Å². The van der Waals surface area contributed by atoms with Gasteiger partial charge in [0.15, 0.2) is 0 Å². The summed E-state index contributed by atoms with van der Waals surface area (Å²) in [5.74, 6) is 0.00475. The second-order valence-electron chi connectivity index (χ2n) is 4.12. The predicted molar refractivity (Wildman–Crippen MR) is 60.5 cm³/mol. The van der Waals surface area contributed by atoms with Crippen molar-refractivity contribution in [1.29, 1.82) is 0 Å². The number of carbonyl (C=O) groups is 1. The van der Waals surface area contributed by atoms with E-state index in [9.17, 15) is 4.79 Å². The SMILES string of the molecule is CO[Si](C)(C)CNC(=O)C(C)(C)Br. The minimum atomic E-state index is -1.67. The number of alkyl halides is 1. The summed E-state index contributed by atoms with van der Waals surface area (Å²) in [6.07, 6.45) is 0.650. The van der Waals surface area contributed by atoms with Gasteiger partial charge in [-0.05, 0) is 26.9 Å². The standard InChI is InChI=1S/C8H18BrNO2Si/c1-8(2,9)7(11)10-6-13(4,5)12-3/h6H2,1-5H3,(H,10,11). The number of amides is 1. The van der Waals surface area contributed by atoms with Crippen LogP contribution in [-0.2, 0) is 9.22 Å². The van der Waals surface area contributed by atoms with Crippen molar-refractivity contribution in [2.45, 2.75) is 31.3 Å². The van der Waals surface area contributed by atoms with Gasteiger partial charge in [0.2, 0.25) is 14.2 Å². The predicted octanol–water partition coefficient (Wildman–Crippen LogP) is 1.67. The molecule has 0 radical (unpaired) electrons. The summed E-state index contributed by atoms with van der Waals surface area (Å²) in [6, 6.07) is 0. The molecule has 0 bridgehead atoms. The molecular weight excluding hydrogens is 250 g/mol. The highest BCUT2D eigenvalue weighted by atomic mass is 79.9. The quantitative estimate of drug-likeness (QED) is 0.622. The molecule has 5 heteroatoms. The number of hydrogen-bond acceptors (Lipinski definition) is 2. The third-order valence-electron chi connectivity index (χ3n) is 1.77. The lowest BCUT2D eigenvalue weighted by atomic mass is 10.2. The summed E-state index contributed by atoms with van der Waals surface area (Å²) in [6.45, 7) is 7.77. The maximum absolute atomic E-state index is 11.4. The Morgan fingerprint density at radius 2 is 2.00 bits per heavy atom. The molecule has 3 nitrogen and oxygen atoms in total. The van der Waals surface area contributed by atoms with Gasteiger partial charge in [-0.15, -0.1) is 0 Å². The molecule has 0 unspecified atom stereocenters. The third kappa shape index (κ3) is 5.44. The molecule has 0 aromatic carbocycles. The first-order valence-corrected chi connectivity index (χ1v) is 8.12. The fraction of sp³-hybridized carbons (Fsp3) is 0.875. The molecule has 13 heavy (non-hydrogen) atoms. The molecule has 1 N–H and O–H groups in total. The van der Waals surface area contributed by atoms with Gasteiger partial charge in [0.05, 0.1) is 4.32 Å². The molecule has 0 spiro atoms. The molecule has 0 heterocycles. The molecule has 0 fully saturated rings. The molecule has 78 valence electrons. The van der Waals surface area contributed by atoms with E-state index in [1.807, 2.05) is 13.8 Å². The molecule has 0 aliphatic rings. The first-order chi connectivity index (χ1) is 5.69. The number of rotatable bonds is 4. The van der Waals surface area contributed by atoms with Crippen LogP contribution in [0.25, 0.3) is 0 Å². The average molecular weight is 268 g/mol. The summed E-state index contributed by atoms with van der Waals surface area (Å²) in [7, 11) is 0.0205. The maximum atomic E-state index is 11.4. The van der Waals surface area contributed by atoms with Crippen LogP contribution in [-0.4, -0.2) is 31.8 Å². The Bertz CT molecular complexity index is 189. The van der Waals surface area contributed by atoms with Gasteiger partial charge in [0, 0.05) is 13.3 Å². The van der Waals surface area contributed by atoms with E-state index in [-0.39, 0.29) is 5.91 Å². The van der Waals surface area contributed by atoms with Crippen molar-refractivity contribution in [1.82, 2.24) is 5.32 Å². The zero-order valence-electron chi connectivity index (χ0n) is 8.90. The van der Waals surface area contributed by atoms with Gasteiger partial charge >= 0.3 is 0 Å². The third-order valence-corrected chi connectivity index (χ3v) is 4.26. The molecule has 0 rings (SSSR count). The summed E-state index contributed by atoms with van der Waals surface area (Å²) < 4.78 is 4.81. The second-order valence-corrected chi connectivity index (χ2v) is 10.4. The molecule has 0 saturated carbocycles. The van der Waals surface area contributed by atoms with Gasteiger partial charge in [-0.3, -0.25) is 4.79 Å². The topological polar surface area (TPSA) is 38.3 Å². The fourth-order valence-corrected chi connectivity index (χ4v) is 1.45. The minimum Gasteiger partial charge on any atom is -0.419 e. The van der Waals surface area contributed by atoms with Crippen molar-refractivity contribution in [2.75, 3.05) is 13.3 Å². The minimum absolute atomic E-state index is 0.00475. The highest BCUT2D eigenvalue weighted by Gasteiger charge is 2.27. The smallest absolute Gasteiger partial charge is 0.236 e. The fourth-order valence-electron chi connectivity index (χ4n) is 0.575. The van der Waals surface area contributed by atoms with Crippen LogP contribution < -0.4 is 5.32 Å². The summed E-state index contributed by atoms with van der Waals surface area (Å²) in [5.41, 5.74) is 0. The first kappa shape index (κ1) is 13.1. The van der Waals surface area contributed by atoms with Crippen LogP contribution in [0.1, 0.15) is 13.8 Å². The Balaban J connectivity index is 3.98. The maximum Gasteiger partial charge on any atom is 0.236 e. The van der Waals surface area contributed by atoms with Gasteiger partial charge in [-0.1, -0.05) is 15.9 Å². The average Bonchev–Trinajstić information content (AvgIpc) is 1.98. The van der Waals surface area contributed by atoms with Crippen molar-refractivity contribution < 1.29 is 9.22 Å². The van der Waals surface area contributed by atoms with Crippen LogP contribution in [0.15, 0.2) is 0 Å². The Hall–Kier alpha value is 0.127. The largest absolute Gasteiger partial charge is 0.419 e. The summed E-state index contributed by atoms with van der Waals surface area (Å²) in [4.78, 5) is 11.4. The van der Waals surface area contributed by atoms with E-state index < -0.39 is 12.6 Å². The first-order valence-electron chi connectivity index (χ1n) is 4.21. The van der Waals surface area contributed by atoms with Gasteiger partial charge in [-0.25, -0.2) is 0 Å². The van der Waals surface area contributed by atoms with Crippen molar-refractivity contribution in [3.8, 4) is 0 Å². The van der Waals surface area contributed by atoms with Crippen LogP contribution in [0, 0.1) is 0 Å². The highest BCUT2D eigenvalue weighted by molar-refractivity contribution is 9.10. The Labute approximate surface area is 89.5 Å². The molecule has 0 aliphatic carbocycles. The van der Waals surface area contributed by atoms with E-state index in [2.05, 4.69) is 34.3 Å². The number of hydrogen-bond donors (Lipinski definition) is 1. The number of halogens is 1. The van der Waals surface area contributed by atoms with E-state index in [1.165, 1.54) is 0 Å². The van der Waals surface area contributed by atoms with E-state index in [0.717, 1.165) is 0 Å². The summed E-state index contributed by atoms with van der Waals surface area (Å²) in [5, 5.41) is 2.86. The lowest BCUT2D eigenvalue weighted by Crippen LogP contribution is -2.48. The van der Waals surface area contributed by atoms with Crippen molar-refractivity contribution >= 4 is 30.2 Å². The van der Waals surface area contributed by atoms with Gasteiger partial charge in [0.25, 0.3) is 0 Å². The number of carbonyl (C=O) groups excluding carboxylic acids is 1. The van der Waals surface area contributed by atoms with Crippen LogP contribution >= 0.6 is 15.9 Å². The van der Waals surface area contributed by atoms with Gasteiger partial charge < -0.3 is 9.74 Å². The van der Waals surface area contributed by atoms with Crippen LogP contribution in [0.2, 0.25) is 13.1 Å². The molecule has 0 aromatic heterocycles. The molecular formula is C8H18BrNO2Si. The monoisotopic (exact) mass is 267 g/mol. The Kier molecular flexibility index (Phi) is 4.61. The second kappa shape index (κ2) is 4.57. The number of nitrogens with one attached hydrogen (secondary N) is 1. The van der Waals surface area contributed by atoms with Crippen LogP contribution in [0.5, 0.6) is 0 Å². The van der Waals surface area contributed by atoms with Crippen LogP contribution in [0.3, 0.4) is 0 Å². The molecule has 1 amide bonds. The van der Waals surface area contributed by atoms with E-state index in [0.29, 0.717) is 6.17 Å². The molecule has 0 aromatic rings. The molecule has 0 atom stereocenters. The van der Waals surface area contributed by atoms with Gasteiger partial charge in [0.1, 0.15) is 0 Å². The van der Waals surface area contributed by atoms with E-state index in [4.69, 9.17) is 4.43 Å². The van der Waals surface area contributed by atoms with Crippen molar-refractivity contribution in [3.05, 3.63) is 0 Å². The lowest BCUT2D eigenvalue weighted by molar-refractivity contribution is -0.122. The van der Waals surface area contributed by atoms with Gasteiger partial charge in [-0.2, -0.15) is 0 Å². The normalized spacial score (nSPS) is 12.8. The van der Waals surface area contributed by atoms with Crippen molar-refractivity contribution in [2.24, 2.45) is 0 Å². The summed E-state index contributed by atoms with van der Waals surface area (Å²) >= 11 is 3.30. The van der Waals surface area contributed by atoms with Crippen molar-refractivity contribution in [3.63, 3.8) is 0 Å². The zero-order valence-corrected chi connectivity index (χ0v) is 11.5. The van der Waals surface area contributed by atoms with Crippen LogP contribution in [0.4, 0.5) is 0 Å². The highest BCUT2D eigenvalue weighted by Crippen LogP contribution is 2.15. The lowest BCUT2D eigenvalue weighted by Gasteiger charge is -2.23. The Morgan fingerprint density at radius 1 is 1.54 bits per heavy atom. The Morgan fingerprint density at radius 3 is 2.31 bits per heavy atom. The van der Waals surface area contributed by atoms with E-state index >= 15 is 0 Å².